The van der Waals surface area contributed by atoms with Crippen molar-refractivity contribution in [3.8, 4) is 44.9 Å². The Morgan fingerprint density at radius 3 is 0.887 bits per heavy atom. The summed E-state index contributed by atoms with van der Waals surface area (Å²) >= 11 is 0. The molecule has 5 heteroatoms. The van der Waals surface area contributed by atoms with E-state index in [-0.39, 0.29) is 0 Å². The van der Waals surface area contributed by atoms with Crippen molar-refractivity contribution in [1.82, 2.24) is 0 Å². The molecule has 10 aromatic carbocycles. The Morgan fingerprint density at radius 2 is 0.585 bits per heavy atom. The van der Waals surface area contributed by atoms with Gasteiger partial charge in [0.2, 0.25) is 0 Å². The van der Waals surface area contributed by atoms with Crippen LogP contribution in [0.4, 0.5) is 0 Å². The first-order chi connectivity index (χ1) is 26.0. The highest BCUT2D eigenvalue weighted by Gasteiger charge is 2.38. The highest BCUT2D eigenvalue weighted by atomic mass is 31.2. The van der Waals surface area contributed by atoms with Crippen molar-refractivity contribution in [3.63, 3.8) is 0 Å². The van der Waals surface area contributed by atoms with Gasteiger partial charge in [0.15, 0.2) is 0 Å². The predicted molar refractivity (Wildman–Crippen MR) is 219 cm³/mol. The first kappa shape index (κ1) is 30.2. The molecule has 0 amide bonds. The molecule has 1 aliphatic rings. The number of benzene rings is 10. The zero-order valence-electron chi connectivity index (χ0n) is 28.3. The van der Waals surface area contributed by atoms with E-state index in [1.807, 2.05) is 72.8 Å². The third-order valence-electron chi connectivity index (χ3n) is 10.7. The third kappa shape index (κ3) is 4.57. The van der Waals surface area contributed by atoms with E-state index in [4.69, 9.17) is 9.05 Å². The zero-order chi connectivity index (χ0) is 35.3. The molecule has 1 heterocycles. The van der Waals surface area contributed by atoms with Crippen molar-refractivity contribution in [1.29, 1.82) is 0 Å². The Hall–Kier alpha value is -6.45. The fourth-order valence-electron chi connectivity index (χ4n) is 8.57. The molecule has 0 fully saturated rings. The number of rotatable bonds is 2. The molecule has 250 valence electrons. The summed E-state index contributed by atoms with van der Waals surface area (Å²) in [4.78, 5) is 11.9. The van der Waals surface area contributed by atoms with Crippen LogP contribution in [0.2, 0.25) is 0 Å². The highest BCUT2D eigenvalue weighted by Crippen LogP contribution is 2.62. The van der Waals surface area contributed by atoms with Crippen LogP contribution in [0.3, 0.4) is 0 Å². The molecule has 0 aliphatic carbocycles. The summed E-state index contributed by atoms with van der Waals surface area (Å²) in [5.41, 5.74) is 4.76. The molecule has 53 heavy (non-hydrogen) atoms. The van der Waals surface area contributed by atoms with Crippen molar-refractivity contribution >= 4 is 72.5 Å². The molecule has 1 N–H and O–H groups in total. The second-order valence-corrected chi connectivity index (χ2v) is 15.0. The molecule has 4 nitrogen and oxygen atoms in total. The van der Waals surface area contributed by atoms with Gasteiger partial charge in [-0.05, 0) is 88.9 Å². The SMILES string of the molecule is O=P1(O)Oc2c(-c3c4ccccc4cc4ccccc34)cc3ccccc3c2-c2c(c(-c3c4ccccc4cc4ccccc34)cc3ccccc23)O1. The fourth-order valence-corrected chi connectivity index (χ4v) is 9.45. The summed E-state index contributed by atoms with van der Waals surface area (Å²) in [6, 6.07) is 58.1. The summed E-state index contributed by atoms with van der Waals surface area (Å²) in [7, 11) is -4.79. The van der Waals surface area contributed by atoms with Gasteiger partial charge in [-0.25, -0.2) is 4.57 Å². The maximum absolute atomic E-state index is 14.6. The van der Waals surface area contributed by atoms with Crippen LogP contribution in [0.1, 0.15) is 0 Å². The summed E-state index contributed by atoms with van der Waals surface area (Å²) in [5.74, 6) is 0.639. The van der Waals surface area contributed by atoms with Crippen LogP contribution in [0, 0.1) is 0 Å². The van der Waals surface area contributed by atoms with E-state index in [1.54, 1.807) is 0 Å². The Labute approximate surface area is 304 Å². The maximum Gasteiger partial charge on any atom is 0.584 e. The lowest BCUT2D eigenvalue weighted by Gasteiger charge is -2.21. The number of hydrogen-bond donors (Lipinski definition) is 1. The minimum atomic E-state index is -4.79. The fraction of sp³-hybridized carbons (Fsp3) is 0. The van der Waals surface area contributed by atoms with E-state index in [9.17, 15) is 9.46 Å². The van der Waals surface area contributed by atoms with Gasteiger partial charge < -0.3 is 9.05 Å². The topological polar surface area (TPSA) is 55.8 Å². The second-order valence-electron chi connectivity index (χ2n) is 13.7. The van der Waals surface area contributed by atoms with Gasteiger partial charge in [-0.2, -0.15) is 0 Å². The average Bonchev–Trinajstić information content (AvgIpc) is 3.32. The van der Waals surface area contributed by atoms with Gasteiger partial charge in [0, 0.05) is 33.4 Å². The predicted octanol–water partition coefficient (Wildman–Crippen LogP) is 13.5. The Morgan fingerprint density at radius 1 is 0.340 bits per heavy atom. The molecule has 0 aromatic heterocycles. The van der Waals surface area contributed by atoms with Gasteiger partial charge in [0.25, 0.3) is 0 Å². The van der Waals surface area contributed by atoms with Crippen molar-refractivity contribution in [2.24, 2.45) is 0 Å². The van der Waals surface area contributed by atoms with Gasteiger partial charge >= 0.3 is 7.82 Å². The van der Waals surface area contributed by atoms with Crippen LogP contribution < -0.4 is 9.05 Å². The summed E-state index contributed by atoms with van der Waals surface area (Å²) in [6.07, 6.45) is 0. The summed E-state index contributed by atoms with van der Waals surface area (Å²) in [6.45, 7) is 0. The Kier molecular flexibility index (Phi) is 6.42. The van der Waals surface area contributed by atoms with E-state index >= 15 is 0 Å². The first-order valence-electron chi connectivity index (χ1n) is 17.7. The molecular weight excluding hydrogens is 671 g/mol. The second kappa shape index (κ2) is 11.3. The average molecular weight is 701 g/mol. The molecule has 0 spiro atoms. The van der Waals surface area contributed by atoms with E-state index in [1.165, 1.54) is 0 Å². The highest BCUT2D eigenvalue weighted by molar-refractivity contribution is 7.48. The molecule has 0 atom stereocenters. The largest absolute Gasteiger partial charge is 0.584 e. The summed E-state index contributed by atoms with van der Waals surface area (Å²) in [5, 5.41) is 12.1. The van der Waals surface area contributed by atoms with Crippen LogP contribution >= 0.6 is 7.82 Å². The lowest BCUT2D eigenvalue weighted by Crippen LogP contribution is -2.00. The third-order valence-corrected chi connectivity index (χ3v) is 11.6. The van der Waals surface area contributed by atoms with Crippen molar-refractivity contribution in [2.45, 2.75) is 0 Å². The van der Waals surface area contributed by atoms with E-state index in [0.29, 0.717) is 11.5 Å². The number of phosphoric ester groups is 1. The van der Waals surface area contributed by atoms with Gasteiger partial charge in [-0.3, -0.25) is 4.89 Å². The molecule has 1 aliphatic heterocycles. The smallest absolute Gasteiger partial charge is 0.394 e. The molecule has 11 rings (SSSR count). The lowest BCUT2D eigenvalue weighted by molar-refractivity contribution is 0.295. The van der Waals surface area contributed by atoms with Crippen LogP contribution in [-0.2, 0) is 4.57 Å². The van der Waals surface area contributed by atoms with Crippen LogP contribution in [-0.4, -0.2) is 4.89 Å². The standard InChI is InChI=1S/C48H29O4P/c49-53(50)51-47-41(43-35-19-7-1-13-29(35)25-30-14-2-8-20-36(30)43)27-33-17-5-11-23-39(33)45(47)46-40-24-12-6-18-34(40)28-42(48(46)52-53)44-37-21-9-3-15-31(37)26-32-16-4-10-22-38(32)44/h1-28H,(H,49,50). The van der Waals surface area contributed by atoms with Gasteiger partial charge in [0.05, 0.1) is 0 Å². The van der Waals surface area contributed by atoms with Gasteiger partial charge in [-0.15, -0.1) is 0 Å². The Bertz CT molecular complexity index is 2920. The van der Waals surface area contributed by atoms with Crippen LogP contribution in [0.25, 0.3) is 98.0 Å². The minimum Gasteiger partial charge on any atom is -0.394 e. The van der Waals surface area contributed by atoms with E-state index in [2.05, 4.69) is 97.1 Å². The molecule has 0 saturated carbocycles. The Balaban J connectivity index is 1.37. The summed E-state index contributed by atoms with van der Waals surface area (Å²) < 4.78 is 27.4. The molecule has 0 unspecified atom stereocenters. The molecule has 0 saturated heterocycles. The van der Waals surface area contributed by atoms with Crippen LogP contribution in [0.15, 0.2) is 170 Å². The number of phosphoric acid groups is 1. The molecule has 0 bridgehead atoms. The van der Waals surface area contributed by atoms with Crippen molar-refractivity contribution in [2.75, 3.05) is 0 Å². The normalized spacial score (nSPS) is 13.5. The van der Waals surface area contributed by atoms with E-state index in [0.717, 1.165) is 98.0 Å². The van der Waals surface area contributed by atoms with Crippen molar-refractivity contribution in [3.05, 3.63) is 170 Å². The molecule has 0 radical (unpaired) electrons. The van der Waals surface area contributed by atoms with Gasteiger partial charge in [0.1, 0.15) is 11.5 Å². The number of hydrogen-bond acceptors (Lipinski definition) is 3. The van der Waals surface area contributed by atoms with Gasteiger partial charge in [-0.1, -0.05) is 146 Å². The van der Waals surface area contributed by atoms with E-state index < -0.39 is 7.82 Å². The monoisotopic (exact) mass is 700 g/mol. The maximum atomic E-state index is 14.6. The lowest BCUT2D eigenvalue weighted by atomic mass is 9.83. The first-order valence-corrected chi connectivity index (χ1v) is 19.2. The zero-order valence-corrected chi connectivity index (χ0v) is 29.2. The quantitative estimate of drug-likeness (QED) is 0.144. The number of fused-ring (bicyclic) bond motifs is 11. The van der Waals surface area contributed by atoms with Crippen LogP contribution in [0.5, 0.6) is 11.5 Å². The van der Waals surface area contributed by atoms with Crippen molar-refractivity contribution < 1.29 is 18.5 Å². The minimum absolute atomic E-state index is 0.319. The molecular formula is C48H29O4P. The molecule has 10 aromatic rings.